The lowest BCUT2D eigenvalue weighted by atomic mass is 9.78. The highest BCUT2D eigenvalue weighted by Crippen LogP contribution is 2.47. The van der Waals surface area contributed by atoms with Gasteiger partial charge in [0.05, 0.1) is 11.0 Å². The summed E-state index contributed by atoms with van der Waals surface area (Å²) in [5.41, 5.74) is 10.1. The van der Waals surface area contributed by atoms with Crippen LogP contribution in [-0.2, 0) is 0 Å². The highest BCUT2D eigenvalue weighted by molar-refractivity contribution is 6.13. The lowest BCUT2D eigenvalue weighted by Gasteiger charge is -2.32. The highest BCUT2D eigenvalue weighted by atomic mass is 16.3. The quantitative estimate of drug-likeness (QED) is 0.183. The van der Waals surface area contributed by atoms with Crippen LogP contribution in [0.5, 0.6) is 0 Å². The van der Waals surface area contributed by atoms with Gasteiger partial charge in [0, 0.05) is 57.1 Å². The first-order valence-electron chi connectivity index (χ1n) is 18.0. The van der Waals surface area contributed by atoms with Gasteiger partial charge in [0.25, 0.3) is 0 Å². The molecule has 2 aliphatic rings. The topological polar surface area (TPSA) is 46.0 Å². The van der Waals surface area contributed by atoms with Gasteiger partial charge in [-0.15, -0.1) is 0 Å². The van der Waals surface area contributed by atoms with Crippen LogP contribution < -0.4 is 0 Å². The number of para-hydroxylation sites is 3. The third kappa shape index (κ3) is 4.77. The Morgan fingerprint density at radius 3 is 2.10 bits per heavy atom. The molecule has 3 unspecified atom stereocenters. The molecule has 52 heavy (non-hydrogen) atoms. The minimum atomic E-state index is -0.321. The van der Waals surface area contributed by atoms with E-state index in [1.165, 1.54) is 38.6 Å². The van der Waals surface area contributed by atoms with Crippen molar-refractivity contribution in [2.24, 2.45) is 9.98 Å². The molecule has 0 spiro atoms. The van der Waals surface area contributed by atoms with Gasteiger partial charge < -0.3 is 13.9 Å². The van der Waals surface area contributed by atoms with Gasteiger partial charge in [-0.3, -0.25) is 0 Å². The smallest absolute Gasteiger partial charge is 0.159 e. The fourth-order valence-corrected chi connectivity index (χ4v) is 8.35. The van der Waals surface area contributed by atoms with E-state index in [-0.39, 0.29) is 18.0 Å². The molecule has 0 saturated heterocycles. The maximum absolute atomic E-state index is 6.81. The number of aromatic nitrogens is 1. The van der Waals surface area contributed by atoms with Crippen LogP contribution in [0.4, 0.5) is 0 Å². The number of benzene rings is 6. The molecular weight excluding hydrogens is 637 g/mol. The van der Waals surface area contributed by atoms with Crippen LogP contribution in [-0.4, -0.2) is 28.2 Å². The second-order valence-corrected chi connectivity index (χ2v) is 13.8. The number of hydrogen-bond acceptors (Lipinski definition) is 4. The van der Waals surface area contributed by atoms with Gasteiger partial charge in [0.15, 0.2) is 12.0 Å². The van der Waals surface area contributed by atoms with Gasteiger partial charge in [-0.05, 0) is 47.9 Å². The van der Waals surface area contributed by atoms with Crippen molar-refractivity contribution in [1.82, 2.24) is 9.47 Å². The maximum atomic E-state index is 6.81. The first-order valence-corrected chi connectivity index (χ1v) is 18.0. The molecule has 1 aliphatic heterocycles. The molecule has 5 nitrogen and oxygen atoms in total. The fraction of sp³-hybridized carbons (Fsp3) is 0.106. The summed E-state index contributed by atoms with van der Waals surface area (Å²) in [4.78, 5) is 12.5. The largest absolute Gasteiger partial charge is 0.456 e. The van der Waals surface area contributed by atoms with E-state index < -0.39 is 0 Å². The van der Waals surface area contributed by atoms with Gasteiger partial charge in [0.1, 0.15) is 17.2 Å². The molecule has 10 rings (SSSR count). The van der Waals surface area contributed by atoms with E-state index in [1.807, 2.05) is 24.3 Å². The molecule has 1 aliphatic carbocycles. The van der Waals surface area contributed by atoms with Crippen LogP contribution in [0.3, 0.4) is 0 Å². The number of fused-ring (bicyclic) bond motifs is 6. The van der Waals surface area contributed by atoms with Crippen LogP contribution >= 0.6 is 0 Å². The third-order valence-corrected chi connectivity index (χ3v) is 10.9. The van der Waals surface area contributed by atoms with Crippen LogP contribution in [0.25, 0.3) is 44.5 Å². The number of rotatable bonds is 5. The predicted octanol–water partition coefficient (Wildman–Crippen LogP) is 11.3. The van der Waals surface area contributed by atoms with Crippen molar-refractivity contribution in [3.63, 3.8) is 0 Å². The fourth-order valence-electron chi connectivity index (χ4n) is 8.35. The van der Waals surface area contributed by atoms with Crippen molar-refractivity contribution < 1.29 is 4.42 Å². The van der Waals surface area contributed by atoms with E-state index in [1.54, 1.807) is 0 Å². The van der Waals surface area contributed by atoms with Crippen LogP contribution in [0, 0.1) is 0 Å². The molecule has 3 heterocycles. The Morgan fingerprint density at radius 2 is 1.31 bits per heavy atom. The van der Waals surface area contributed by atoms with Crippen LogP contribution in [0.15, 0.2) is 172 Å². The first-order chi connectivity index (χ1) is 25.6. The number of amidine groups is 2. The molecule has 2 aromatic heterocycles. The number of nitrogens with zero attached hydrogens (tertiary/aromatic N) is 4. The van der Waals surface area contributed by atoms with Crippen LogP contribution in [0.2, 0.25) is 0 Å². The second kappa shape index (κ2) is 12.1. The van der Waals surface area contributed by atoms with Gasteiger partial charge in [0.2, 0.25) is 0 Å². The molecule has 0 saturated carbocycles. The molecule has 0 N–H and O–H groups in total. The highest BCUT2D eigenvalue weighted by Gasteiger charge is 2.33. The first kappa shape index (κ1) is 30.4. The van der Waals surface area contributed by atoms with E-state index in [4.69, 9.17) is 14.4 Å². The van der Waals surface area contributed by atoms with Crippen molar-refractivity contribution in [2.75, 3.05) is 7.05 Å². The summed E-state index contributed by atoms with van der Waals surface area (Å²) in [7, 11) is 2.08. The van der Waals surface area contributed by atoms with Gasteiger partial charge >= 0.3 is 0 Å². The minimum Gasteiger partial charge on any atom is -0.456 e. The Balaban J connectivity index is 1.06. The van der Waals surface area contributed by atoms with E-state index in [0.717, 1.165) is 39.3 Å². The molecule has 0 amide bonds. The number of allylic oxidation sites excluding steroid dienone is 1. The molecule has 0 fully saturated rings. The Labute approximate surface area is 302 Å². The monoisotopic (exact) mass is 672 g/mol. The lowest BCUT2D eigenvalue weighted by Crippen LogP contribution is -2.35. The predicted molar refractivity (Wildman–Crippen MR) is 214 cm³/mol. The van der Waals surface area contributed by atoms with Crippen molar-refractivity contribution in [3.8, 4) is 5.69 Å². The van der Waals surface area contributed by atoms with Gasteiger partial charge in [-0.25, -0.2) is 9.98 Å². The van der Waals surface area contributed by atoms with E-state index in [2.05, 4.69) is 163 Å². The van der Waals surface area contributed by atoms with Crippen molar-refractivity contribution in [3.05, 3.63) is 191 Å². The molecule has 5 heteroatoms. The van der Waals surface area contributed by atoms with E-state index in [9.17, 15) is 0 Å². The Bertz CT molecular complexity index is 2720. The van der Waals surface area contributed by atoms with Crippen molar-refractivity contribution >= 4 is 50.5 Å². The summed E-state index contributed by atoms with van der Waals surface area (Å²) in [5.74, 6) is 2.91. The molecule has 0 bridgehead atoms. The van der Waals surface area contributed by atoms with Crippen molar-refractivity contribution in [1.29, 1.82) is 0 Å². The third-order valence-electron chi connectivity index (χ3n) is 10.9. The normalized spacial score (nSPS) is 18.5. The molecule has 0 radical (unpaired) electrons. The summed E-state index contributed by atoms with van der Waals surface area (Å²) in [6.45, 7) is 2.34. The van der Waals surface area contributed by atoms with E-state index >= 15 is 0 Å². The Kier molecular flexibility index (Phi) is 7.07. The zero-order chi connectivity index (χ0) is 34.8. The molecule has 8 aromatic rings. The second-order valence-electron chi connectivity index (χ2n) is 13.8. The summed E-state index contributed by atoms with van der Waals surface area (Å²) in [6, 6.07) is 53.5. The van der Waals surface area contributed by atoms with E-state index in [0.29, 0.717) is 5.84 Å². The van der Waals surface area contributed by atoms with Crippen molar-refractivity contribution in [2.45, 2.75) is 24.9 Å². The zero-order valence-corrected chi connectivity index (χ0v) is 29.0. The lowest BCUT2D eigenvalue weighted by molar-refractivity contribution is 0.381. The summed E-state index contributed by atoms with van der Waals surface area (Å²) >= 11 is 0. The zero-order valence-electron chi connectivity index (χ0n) is 29.0. The molecule has 250 valence electrons. The van der Waals surface area contributed by atoms with Gasteiger partial charge in [-0.2, -0.15) is 0 Å². The number of furan rings is 1. The average Bonchev–Trinajstić information content (AvgIpc) is 3.75. The van der Waals surface area contributed by atoms with Crippen LogP contribution in [0.1, 0.15) is 58.5 Å². The molecule has 3 atom stereocenters. The standard InChI is InChI=1S/C47H36N4O/c1-30-35(33-25-27-41-39(29-33)36-21-12-13-24-40(36)51(41)34-19-10-5-11-20-34)26-28-42-43(30)37-22-14-23-38(44(37)52-42)47-49-45(31-15-6-3-7-16-31)48-46(50(47)2)32-17-8-4-9-18-32/h3-30,35,47H,1-2H3. The Hall–Kier alpha value is -6.46. The average molecular weight is 673 g/mol. The summed E-state index contributed by atoms with van der Waals surface area (Å²) < 4.78 is 9.19. The van der Waals surface area contributed by atoms with Gasteiger partial charge in [-0.1, -0.05) is 134 Å². The maximum Gasteiger partial charge on any atom is 0.159 e. The Morgan fingerprint density at radius 1 is 0.635 bits per heavy atom. The number of aliphatic imine (C=N–C) groups is 2. The summed E-state index contributed by atoms with van der Waals surface area (Å²) in [5, 5.41) is 3.68. The molecular formula is C47H36N4O. The SMILES string of the molecule is CC1c2c(oc3c(C4N=C(c5ccccc5)N=C(c5ccccc5)N4C)cccc23)C=CC1c1ccc2c(c1)c1ccccc1n2-c1ccccc1. The summed E-state index contributed by atoms with van der Waals surface area (Å²) in [6.07, 6.45) is 4.19. The number of hydrogen-bond donors (Lipinski definition) is 0. The minimum absolute atomic E-state index is 0.192. The molecule has 6 aromatic carbocycles.